The number of amides is 3. The van der Waals surface area contributed by atoms with E-state index in [-0.39, 0.29) is 11.8 Å². The summed E-state index contributed by atoms with van der Waals surface area (Å²) in [7, 11) is 1.58. The van der Waals surface area contributed by atoms with Gasteiger partial charge >= 0.3 is 6.09 Å². The lowest BCUT2D eigenvalue weighted by Gasteiger charge is -2.34. The van der Waals surface area contributed by atoms with Gasteiger partial charge in [0.25, 0.3) is 5.91 Å². The Bertz CT molecular complexity index is 1050. The van der Waals surface area contributed by atoms with Gasteiger partial charge in [0.2, 0.25) is 5.91 Å². The van der Waals surface area contributed by atoms with Gasteiger partial charge < -0.3 is 25.0 Å². The molecule has 38 heavy (non-hydrogen) atoms. The van der Waals surface area contributed by atoms with Gasteiger partial charge in [-0.15, -0.1) is 0 Å². The molecule has 208 valence electrons. The van der Waals surface area contributed by atoms with Gasteiger partial charge in [-0.1, -0.05) is 56.0 Å². The number of anilines is 1. The predicted octanol–water partition coefficient (Wildman–Crippen LogP) is 6.01. The Balaban J connectivity index is 2.40. The highest BCUT2D eigenvalue weighted by Gasteiger charge is 2.34. The number of rotatable bonds is 12. The van der Waals surface area contributed by atoms with E-state index >= 15 is 0 Å². The minimum atomic E-state index is -0.894. The number of methoxy groups -OCH3 is 1. The summed E-state index contributed by atoms with van der Waals surface area (Å²) in [4.78, 5) is 41.5. The third-order valence-electron chi connectivity index (χ3n) is 5.95. The Hall–Kier alpha value is -3.55. The molecule has 0 aromatic heterocycles. The molecule has 2 unspecified atom stereocenters. The normalized spacial score (nSPS) is 12.7. The lowest BCUT2D eigenvalue weighted by Crippen LogP contribution is -2.51. The number of alkyl carbamates (subject to hydrolysis) is 1. The molecular weight excluding hydrogens is 482 g/mol. The molecule has 2 atom stereocenters. The third-order valence-corrected chi connectivity index (χ3v) is 5.95. The molecule has 0 radical (unpaired) electrons. The van der Waals surface area contributed by atoms with Gasteiger partial charge in [-0.3, -0.25) is 9.59 Å². The quantitative estimate of drug-likeness (QED) is 0.331. The Kier molecular flexibility index (Phi) is 11.6. The average Bonchev–Trinajstić information content (AvgIpc) is 2.85. The zero-order valence-corrected chi connectivity index (χ0v) is 23.8. The summed E-state index contributed by atoms with van der Waals surface area (Å²) in [6, 6.07) is 12.8. The summed E-state index contributed by atoms with van der Waals surface area (Å²) in [5.41, 5.74) is 1.63. The van der Waals surface area contributed by atoms with Crippen molar-refractivity contribution in [3.63, 3.8) is 0 Å². The molecule has 0 fully saturated rings. The second kappa shape index (κ2) is 14.4. The van der Waals surface area contributed by atoms with Gasteiger partial charge in [-0.05, 0) is 70.9 Å². The molecule has 2 N–H and O–H groups in total. The van der Waals surface area contributed by atoms with Crippen LogP contribution >= 0.6 is 0 Å². The van der Waals surface area contributed by atoms with Crippen molar-refractivity contribution >= 4 is 23.6 Å². The Morgan fingerprint density at radius 1 is 0.947 bits per heavy atom. The smallest absolute Gasteiger partial charge is 0.408 e. The first-order valence-electron chi connectivity index (χ1n) is 13.3. The van der Waals surface area contributed by atoms with Crippen molar-refractivity contribution in [2.24, 2.45) is 0 Å². The topological polar surface area (TPSA) is 97.0 Å². The van der Waals surface area contributed by atoms with E-state index in [1.54, 1.807) is 64.0 Å². The van der Waals surface area contributed by atoms with Crippen molar-refractivity contribution in [2.45, 2.75) is 84.9 Å². The molecule has 8 heteroatoms. The molecule has 0 bridgehead atoms. The van der Waals surface area contributed by atoms with E-state index in [1.807, 2.05) is 31.2 Å². The van der Waals surface area contributed by atoms with E-state index in [2.05, 4.69) is 17.6 Å². The summed E-state index contributed by atoms with van der Waals surface area (Å²) >= 11 is 0. The maximum atomic E-state index is 13.8. The molecule has 8 nitrogen and oxygen atoms in total. The number of aryl methyl sites for hydroxylation is 1. The fourth-order valence-electron chi connectivity index (χ4n) is 3.98. The highest BCUT2D eigenvalue weighted by molar-refractivity contribution is 5.99. The van der Waals surface area contributed by atoms with Crippen molar-refractivity contribution in [1.82, 2.24) is 10.2 Å². The molecule has 0 aliphatic rings. The largest absolute Gasteiger partial charge is 0.497 e. The molecule has 3 amide bonds. The second-order valence-corrected chi connectivity index (χ2v) is 10.5. The fourth-order valence-corrected chi connectivity index (χ4v) is 3.98. The van der Waals surface area contributed by atoms with Crippen LogP contribution in [0.2, 0.25) is 0 Å². The van der Waals surface area contributed by atoms with Crippen LogP contribution in [0.1, 0.15) is 77.5 Å². The molecule has 0 spiro atoms. The lowest BCUT2D eigenvalue weighted by atomic mass is 10.0. The Morgan fingerprint density at radius 3 is 2.13 bits per heavy atom. The van der Waals surface area contributed by atoms with E-state index in [9.17, 15) is 14.4 Å². The zero-order valence-electron chi connectivity index (χ0n) is 23.8. The Morgan fingerprint density at radius 2 is 1.58 bits per heavy atom. The van der Waals surface area contributed by atoms with E-state index in [0.717, 1.165) is 31.2 Å². The number of nitrogens with zero attached hydrogens (tertiary/aromatic N) is 1. The summed E-state index contributed by atoms with van der Waals surface area (Å²) in [5.74, 6) is -0.0250. The van der Waals surface area contributed by atoms with E-state index < -0.39 is 23.8 Å². The number of nitrogens with one attached hydrogen (secondary N) is 2. The number of unbranched alkanes of at least 4 members (excludes halogenated alkanes) is 3. The van der Waals surface area contributed by atoms with Crippen LogP contribution in [0.15, 0.2) is 48.5 Å². The van der Waals surface area contributed by atoms with Crippen LogP contribution in [-0.2, 0) is 14.3 Å². The average molecular weight is 526 g/mol. The van der Waals surface area contributed by atoms with Crippen molar-refractivity contribution in [3.8, 4) is 5.75 Å². The maximum absolute atomic E-state index is 13.8. The van der Waals surface area contributed by atoms with Crippen molar-refractivity contribution in [3.05, 3.63) is 59.7 Å². The number of benzene rings is 2. The molecule has 0 aliphatic heterocycles. The molecule has 2 aromatic carbocycles. The number of hydrogen-bond donors (Lipinski definition) is 2. The van der Waals surface area contributed by atoms with Crippen LogP contribution < -0.4 is 15.4 Å². The number of ether oxygens (including phenoxy) is 2. The predicted molar refractivity (Wildman–Crippen MR) is 150 cm³/mol. The van der Waals surface area contributed by atoms with Crippen molar-refractivity contribution in [1.29, 1.82) is 0 Å². The van der Waals surface area contributed by atoms with E-state index in [0.29, 0.717) is 23.5 Å². The Labute approximate surface area is 227 Å². The number of carbonyl (C=O) groups is 3. The van der Waals surface area contributed by atoms with Gasteiger partial charge in [0, 0.05) is 12.2 Å². The zero-order chi connectivity index (χ0) is 28.3. The van der Waals surface area contributed by atoms with Crippen LogP contribution in [0.5, 0.6) is 5.75 Å². The summed E-state index contributed by atoms with van der Waals surface area (Å²) in [5, 5.41) is 5.59. The SMILES string of the molecule is CCCCCCN(C(=O)C(C)NC(=O)OC(C)(C)C)C(C(=O)Nc1ccc(OC)cc1)c1ccc(C)cc1. The van der Waals surface area contributed by atoms with Crippen LogP contribution in [-0.4, -0.2) is 48.1 Å². The molecule has 0 aliphatic carbocycles. The summed E-state index contributed by atoms with van der Waals surface area (Å²) in [6.07, 6.45) is 3.05. The maximum Gasteiger partial charge on any atom is 0.408 e. The van der Waals surface area contributed by atoms with Crippen molar-refractivity contribution in [2.75, 3.05) is 19.0 Å². The highest BCUT2D eigenvalue weighted by Crippen LogP contribution is 2.26. The minimum absolute atomic E-state index is 0.340. The van der Waals surface area contributed by atoms with Crippen LogP contribution in [0.3, 0.4) is 0 Å². The molecular formula is C30H43N3O5. The molecule has 2 rings (SSSR count). The second-order valence-electron chi connectivity index (χ2n) is 10.5. The minimum Gasteiger partial charge on any atom is -0.497 e. The van der Waals surface area contributed by atoms with Crippen LogP contribution in [0.25, 0.3) is 0 Å². The lowest BCUT2D eigenvalue weighted by molar-refractivity contribution is -0.140. The summed E-state index contributed by atoms with van der Waals surface area (Å²) < 4.78 is 10.6. The van der Waals surface area contributed by atoms with Gasteiger partial charge in [0.1, 0.15) is 23.4 Å². The molecule has 0 heterocycles. The van der Waals surface area contributed by atoms with Crippen molar-refractivity contribution < 1.29 is 23.9 Å². The molecule has 0 saturated carbocycles. The van der Waals surface area contributed by atoms with E-state index in [4.69, 9.17) is 9.47 Å². The van der Waals surface area contributed by atoms with Gasteiger partial charge in [-0.25, -0.2) is 4.79 Å². The van der Waals surface area contributed by atoms with Crippen LogP contribution in [0.4, 0.5) is 10.5 Å². The molecule has 2 aromatic rings. The summed E-state index contributed by atoms with van der Waals surface area (Å²) in [6.45, 7) is 11.3. The van der Waals surface area contributed by atoms with Gasteiger partial charge in [0.05, 0.1) is 7.11 Å². The highest BCUT2D eigenvalue weighted by atomic mass is 16.6. The van der Waals surface area contributed by atoms with Gasteiger partial charge in [0.15, 0.2) is 0 Å². The first kappa shape index (κ1) is 30.7. The first-order valence-corrected chi connectivity index (χ1v) is 13.3. The number of carbonyl (C=O) groups excluding carboxylic acids is 3. The monoisotopic (exact) mass is 525 g/mol. The fraction of sp³-hybridized carbons (Fsp3) is 0.500. The molecule has 0 saturated heterocycles. The van der Waals surface area contributed by atoms with Crippen LogP contribution in [0, 0.1) is 6.92 Å². The van der Waals surface area contributed by atoms with E-state index in [1.165, 1.54) is 0 Å². The standard InChI is InChI=1S/C30H43N3O5/c1-8-9-10-11-20-33(28(35)22(3)31-29(36)38-30(4,5)6)26(23-14-12-21(2)13-15-23)27(34)32-24-16-18-25(37-7)19-17-24/h12-19,22,26H,8-11,20H2,1-7H3,(H,31,36)(H,32,34). The van der Waals surface area contributed by atoms with Gasteiger partial charge in [-0.2, -0.15) is 0 Å². The third kappa shape index (κ3) is 9.72. The first-order chi connectivity index (χ1) is 17.9. The number of hydrogen-bond acceptors (Lipinski definition) is 5.